The van der Waals surface area contributed by atoms with Gasteiger partial charge in [-0.05, 0) is 76.4 Å². The first kappa shape index (κ1) is 23.1. The molecule has 1 atom stereocenters. The summed E-state index contributed by atoms with van der Waals surface area (Å²) in [5.41, 5.74) is 7.12. The van der Waals surface area contributed by atoms with E-state index in [0.717, 1.165) is 9.13 Å². The van der Waals surface area contributed by atoms with Gasteiger partial charge in [0.2, 0.25) is 0 Å². The van der Waals surface area contributed by atoms with Gasteiger partial charge in [0.25, 0.3) is 10.1 Å². The van der Waals surface area contributed by atoms with Crippen molar-refractivity contribution in [2.45, 2.75) is 24.3 Å². The highest BCUT2D eigenvalue weighted by Crippen LogP contribution is 2.31. The maximum Gasteiger partial charge on any atom is 0.305 e. The van der Waals surface area contributed by atoms with Crippen molar-refractivity contribution in [3.05, 3.63) is 54.7 Å². The number of phenols is 1. The second-order valence-electron chi connectivity index (χ2n) is 5.32. The number of carboxylic acid groups (broad SMARTS) is 1. The molecule has 0 aromatic heterocycles. The second kappa shape index (κ2) is 9.82. The molecule has 10 heteroatoms. The molecule has 0 unspecified atom stereocenters. The van der Waals surface area contributed by atoms with Crippen molar-refractivity contribution in [2.24, 2.45) is 5.73 Å². The van der Waals surface area contributed by atoms with Crippen molar-refractivity contribution >= 4 is 61.3 Å². The van der Waals surface area contributed by atoms with Gasteiger partial charge in [-0.1, -0.05) is 17.7 Å². The molecule has 5 N–H and O–H groups in total. The Kier molecular flexibility index (Phi) is 8.72. The van der Waals surface area contributed by atoms with E-state index in [1.165, 1.54) is 12.1 Å². The van der Waals surface area contributed by atoms with Crippen LogP contribution in [-0.4, -0.2) is 29.2 Å². The third-order valence-electron chi connectivity index (χ3n) is 3.17. The first-order valence-corrected chi connectivity index (χ1v) is 10.7. The Labute approximate surface area is 178 Å². The van der Waals surface area contributed by atoms with E-state index in [0.29, 0.717) is 9.13 Å². The maximum absolute atomic E-state index is 10.5. The van der Waals surface area contributed by atoms with Crippen LogP contribution >= 0.6 is 45.2 Å². The summed E-state index contributed by atoms with van der Waals surface area (Å²) in [6, 6.07) is 8.81. The normalized spacial score (nSPS) is 12.0. The molecule has 0 fully saturated rings. The standard InChI is InChI=1S/C9H9I2NO3.C7H8O3S/c10-4-1-5(7(12)3-8(13)14)9(15)6(11)2-4;1-6-2-4-7(5-3-6)11(8,9)10/h1-2,7,15H,3,12H2,(H,13,14);2-5H,1H3,(H,8,9,10)/t7-;/m0./s1. The summed E-state index contributed by atoms with van der Waals surface area (Å²) in [6.45, 7) is 1.84. The molecule has 0 saturated carbocycles. The number of rotatable bonds is 4. The maximum atomic E-state index is 10.5. The van der Waals surface area contributed by atoms with Crippen LogP contribution in [0, 0.1) is 14.1 Å². The molecule has 142 valence electrons. The third kappa shape index (κ3) is 7.34. The fourth-order valence-electron chi connectivity index (χ4n) is 1.88. The highest BCUT2D eigenvalue weighted by molar-refractivity contribution is 14.1. The first-order chi connectivity index (χ1) is 11.9. The molecule has 26 heavy (non-hydrogen) atoms. The van der Waals surface area contributed by atoms with Crippen LogP contribution in [0.4, 0.5) is 0 Å². The summed E-state index contributed by atoms with van der Waals surface area (Å²) >= 11 is 4.08. The number of carboxylic acids is 1. The molecule has 0 saturated heterocycles. The molecule has 2 aromatic carbocycles. The van der Waals surface area contributed by atoms with Crippen molar-refractivity contribution < 1.29 is 28.0 Å². The van der Waals surface area contributed by atoms with Gasteiger partial charge in [-0.2, -0.15) is 8.42 Å². The van der Waals surface area contributed by atoms with Crippen LogP contribution in [0.3, 0.4) is 0 Å². The second-order valence-corrected chi connectivity index (χ2v) is 9.15. The minimum Gasteiger partial charge on any atom is -0.506 e. The van der Waals surface area contributed by atoms with E-state index in [2.05, 4.69) is 22.6 Å². The van der Waals surface area contributed by atoms with Crippen LogP contribution in [0.2, 0.25) is 0 Å². The zero-order valence-corrected chi connectivity index (χ0v) is 18.7. The van der Waals surface area contributed by atoms with Crippen LogP contribution in [0.15, 0.2) is 41.3 Å². The zero-order valence-electron chi connectivity index (χ0n) is 13.6. The number of halogens is 2. The van der Waals surface area contributed by atoms with Crippen molar-refractivity contribution in [3.63, 3.8) is 0 Å². The molecular formula is C16H17I2NO6S. The predicted molar refractivity (Wildman–Crippen MR) is 114 cm³/mol. The lowest BCUT2D eigenvalue weighted by atomic mass is 10.0. The average Bonchev–Trinajstić information content (AvgIpc) is 2.50. The average molecular weight is 605 g/mol. The van der Waals surface area contributed by atoms with Gasteiger partial charge >= 0.3 is 5.97 Å². The number of aromatic hydroxyl groups is 1. The molecule has 0 aliphatic carbocycles. The molecule has 0 radical (unpaired) electrons. The summed E-state index contributed by atoms with van der Waals surface area (Å²) in [5, 5.41) is 18.3. The smallest absolute Gasteiger partial charge is 0.305 e. The van der Waals surface area contributed by atoms with E-state index in [4.69, 9.17) is 15.4 Å². The topological polar surface area (TPSA) is 138 Å². The zero-order chi connectivity index (χ0) is 20.1. The summed E-state index contributed by atoms with van der Waals surface area (Å²) in [4.78, 5) is 10.4. The molecule has 0 aliphatic rings. The van der Waals surface area contributed by atoms with Gasteiger partial charge in [-0.15, -0.1) is 0 Å². The SMILES string of the molecule is Cc1ccc(S(=O)(=O)O)cc1.N[C@@H](CC(=O)O)c1cc(I)cc(I)c1O. The molecule has 2 aromatic rings. The van der Waals surface area contributed by atoms with Crippen LogP contribution < -0.4 is 5.73 Å². The monoisotopic (exact) mass is 605 g/mol. The van der Waals surface area contributed by atoms with E-state index >= 15 is 0 Å². The Morgan fingerprint density at radius 1 is 1.19 bits per heavy atom. The molecule has 0 bridgehead atoms. The fourth-order valence-corrected chi connectivity index (χ4v) is 4.25. The molecular weight excluding hydrogens is 588 g/mol. The van der Waals surface area contributed by atoms with Crippen LogP contribution in [-0.2, 0) is 14.9 Å². The van der Waals surface area contributed by atoms with Crippen molar-refractivity contribution in [3.8, 4) is 5.75 Å². The quantitative estimate of drug-likeness (QED) is 0.310. The van der Waals surface area contributed by atoms with Crippen molar-refractivity contribution in [2.75, 3.05) is 0 Å². The lowest BCUT2D eigenvalue weighted by Gasteiger charge is -2.13. The predicted octanol–water partition coefficient (Wildman–Crippen LogP) is 3.32. The van der Waals surface area contributed by atoms with Gasteiger partial charge in [-0.25, -0.2) is 0 Å². The molecule has 0 amide bonds. The minimum absolute atomic E-state index is 0.0666. The summed E-state index contributed by atoms with van der Waals surface area (Å²) in [6.07, 6.45) is -0.191. The largest absolute Gasteiger partial charge is 0.506 e. The van der Waals surface area contributed by atoms with Gasteiger partial charge in [0, 0.05) is 15.2 Å². The number of aliphatic carboxylic acids is 1. The molecule has 0 spiro atoms. The molecule has 0 aliphatic heterocycles. The number of carbonyl (C=O) groups is 1. The van der Waals surface area contributed by atoms with Crippen LogP contribution in [0.1, 0.15) is 23.6 Å². The Bertz CT molecular complexity index is 884. The number of phenolic OH excluding ortho intramolecular Hbond substituents is 1. The summed E-state index contributed by atoms with van der Waals surface area (Å²) in [5.74, 6) is -0.902. The Morgan fingerprint density at radius 3 is 2.19 bits per heavy atom. The summed E-state index contributed by atoms with van der Waals surface area (Å²) < 4.78 is 31.1. The highest BCUT2D eigenvalue weighted by Gasteiger charge is 2.17. The summed E-state index contributed by atoms with van der Waals surface area (Å²) in [7, 11) is -4.02. The van der Waals surface area contributed by atoms with Gasteiger partial charge in [0.05, 0.1) is 14.9 Å². The lowest BCUT2D eigenvalue weighted by Crippen LogP contribution is -2.15. The number of hydrogen-bond donors (Lipinski definition) is 4. The van der Waals surface area contributed by atoms with E-state index in [-0.39, 0.29) is 17.1 Å². The van der Waals surface area contributed by atoms with E-state index in [1.54, 1.807) is 24.3 Å². The first-order valence-electron chi connectivity index (χ1n) is 7.11. The third-order valence-corrected chi connectivity index (χ3v) is 5.48. The van der Waals surface area contributed by atoms with Crippen molar-refractivity contribution in [1.29, 1.82) is 0 Å². The van der Waals surface area contributed by atoms with Crippen molar-refractivity contribution in [1.82, 2.24) is 0 Å². The fraction of sp³-hybridized carbons (Fsp3) is 0.188. The Morgan fingerprint density at radius 2 is 1.73 bits per heavy atom. The number of benzene rings is 2. The van der Waals surface area contributed by atoms with E-state index < -0.39 is 22.1 Å². The van der Waals surface area contributed by atoms with Gasteiger partial charge in [0.15, 0.2) is 0 Å². The van der Waals surface area contributed by atoms with Gasteiger partial charge in [0.1, 0.15) is 5.75 Å². The minimum atomic E-state index is -4.02. The Balaban J connectivity index is 0.000000273. The van der Waals surface area contributed by atoms with E-state index in [1.807, 2.05) is 29.5 Å². The Hall–Kier alpha value is -0.960. The van der Waals surface area contributed by atoms with Crippen LogP contribution in [0.25, 0.3) is 0 Å². The molecule has 0 heterocycles. The number of nitrogens with two attached hydrogens (primary N) is 1. The molecule has 7 nitrogen and oxygen atoms in total. The number of hydrogen-bond acceptors (Lipinski definition) is 5. The molecule has 2 rings (SSSR count). The lowest BCUT2D eigenvalue weighted by molar-refractivity contribution is -0.137. The van der Waals surface area contributed by atoms with E-state index in [9.17, 15) is 18.3 Å². The van der Waals surface area contributed by atoms with Gasteiger partial charge < -0.3 is 15.9 Å². The number of aryl methyl sites for hydroxylation is 1. The van der Waals surface area contributed by atoms with Crippen LogP contribution in [0.5, 0.6) is 5.75 Å². The van der Waals surface area contributed by atoms with Gasteiger partial charge in [-0.3, -0.25) is 9.35 Å². The highest BCUT2D eigenvalue weighted by atomic mass is 127.